The second-order valence-electron chi connectivity index (χ2n) is 3.59. The Hall–Kier alpha value is -1.08. The lowest BCUT2D eigenvalue weighted by Crippen LogP contribution is -2.02. The van der Waals surface area contributed by atoms with Gasteiger partial charge in [0.1, 0.15) is 11.5 Å². The first kappa shape index (κ1) is 14.3. The molecule has 0 saturated heterocycles. The van der Waals surface area contributed by atoms with Gasteiger partial charge in [-0.2, -0.15) is 8.78 Å². The first-order valence-electron chi connectivity index (χ1n) is 5.27. The number of anilines is 1. The van der Waals surface area contributed by atoms with Gasteiger partial charge in [-0.1, -0.05) is 0 Å². The Morgan fingerprint density at radius 2 is 1.89 bits per heavy atom. The van der Waals surface area contributed by atoms with Gasteiger partial charge >= 0.3 is 6.61 Å². The minimum atomic E-state index is -2.81. The number of halogens is 4. The molecule has 0 aliphatic carbocycles. The average Bonchev–Trinajstić information content (AvgIpc) is 2.67. The van der Waals surface area contributed by atoms with E-state index in [4.69, 9.17) is 4.42 Å². The van der Waals surface area contributed by atoms with Crippen LogP contribution in [0.15, 0.2) is 43.9 Å². The van der Waals surface area contributed by atoms with Crippen molar-refractivity contribution >= 4 is 37.5 Å². The van der Waals surface area contributed by atoms with Crippen LogP contribution in [-0.2, 0) is 6.54 Å². The lowest BCUT2D eigenvalue weighted by atomic mass is 10.3. The molecule has 1 N–H and O–H groups in total. The number of nitrogens with one attached hydrogen (secondary N) is 1. The molecule has 0 radical (unpaired) electrons. The molecule has 1 aromatic carbocycles. The largest absolute Gasteiger partial charge is 0.451 e. The van der Waals surface area contributed by atoms with E-state index in [0.717, 1.165) is 15.9 Å². The van der Waals surface area contributed by atoms with Gasteiger partial charge in [-0.05, 0) is 62.2 Å². The summed E-state index contributed by atoms with van der Waals surface area (Å²) in [6.45, 7) is -2.32. The molecule has 1 aromatic heterocycles. The highest BCUT2D eigenvalue weighted by molar-refractivity contribution is 9.13. The van der Waals surface area contributed by atoms with E-state index in [0.29, 0.717) is 11.2 Å². The van der Waals surface area contributed by atoms with Gasteiger partial charge in [-0.15, -0.1) is 0 Å². The Labute approximate surface area is 125 Å². The molecule has 0 atom stereocenters. The summed E-state index contributed by atoms with van der Waals surface area (Å²) in [5, 5.41) is 3.10. The maximum atomic E-state index is 12.0. The predicted molar refractivity (Wildman–Crippen MR) is 74.5 cm³/mol. The topological polar surface area (TPSA) is 34.4 Å². The summed E-state index contributed by atoms with van der Waals surface area (Å²) in [5.74, 6) is 0.871. The van der Waals surface area contributed by atoms with Crippen LogP contribution >= 0.6 is 31.9 Å². The number of rotatable bonds is 5. The van der Waals surface area contributed by atoms with Crippen molar-refractivity contribution in [3.8, 4) is 5.75 Å². The standard InChI is InChI=1S/C12H9Br2F2NO2/c13-10-5-9(18-11(10)14)6-17-7-1-3-8(4-2-7)19-12(15)16/h1-5,12,17H,6H2. The summed E-state index contributed by atoms with van der Waals surface area (Å²) in [6.07, 6.45) is 0. The Bertz CT molecular complexity index is 524. The lowest BCUT2D eigenvalue weighted by molar-refractivity contribution is -0.0498. The highest BCUT2D eigenvalue weighted by Crippen LogP contribution is 2.27. The smallest absolute Gasteiger partial charge is 0.387 e. The summed E-state index contributed by atoms with van der Waals surface area (Å²) in [4.78, 5) is 0. The van der Waals surface area contributed by atoms with Crippen LogP contribution in [0.1, 0.15) is 5.76 Å². The molecule has 0 fully saturated rings. The molecule has 19 heavy (non-hydrogen) atoms. The van der Waals surface area contributed by atoms with E-state index < -0.39 is 6.61 Å². The molecule has 1 heterocycles. The van der Waals surface area contributed by atoms with Crippen molar-refractivity contribution in [2.45, 2.75) is 13.2 Å². The third-order valence-electron chi connectivity index (χ3n) is 2.24. The van der Waals surface area contributed by atoms with Gasteiger partial charge in [0.2, 0.25) is 0 Å². The highest BCUT2D eigenvalue weighted by Gasteiger charge is 2.06. The molecule has 2 rings (SSSR count). The summed E-state index contributed by atoms with van der Waals surface area (Å²) in [6, 6.07) is 8.10. The van der Waals surface area contributed by atoms with Crippen LogP contribution in [0, 0.1) is 0 Å². The summed E-state index contributed by atoms with van der Waals surface area (Å²) >= 11 is 6.56. The molecule has 0 saturated carbocycles. The van der Waals surface area contributed by atoms with Crippen LogP contribution in [0.2, 0.25) is 0 Å². The number of hydrogen-bond acceptors (Lipinski definition) is 3. The van der Waals surface area contributed by atoms with Crippen molar-refractivity contribution in [3.63, 3.8) is 0 Å². The fourth-order valence-electron chi connectivity index (χ4n) is 1.42. The van der Waals surface area contributed by atoms with Crippen molar-refractivity contribution in [1.82, 2.24) is 0 Å². The van der Waals surface area contributed by atoms with Gasteiger partial charge in [0.25, 0.3) is 0 Å². The first-order valence-corrected chi connectivity index (χ1v) is 6.85. The second-order valence-corrected chi connectivity index (χ2v) is 5.17. The lowest BCUT2D eigenvalue weighted by Gasteiger charge is -2.07. The molecule has 0 aliphatic heterocycles. The zero-order chi connectivity index (χ0) is 13.8. The molecule has 0 unspecified atom stereocenters. The fraction of sp³-hybridized carbons (Fsp3) is 0.167. The van der Waals surface area contributed by atoms with Crippen molar-refractivity contribution < 1.29 is 17.9 Å². The van der Waals surface area contributed by atoms with Gasteiger partial charge in [0.15, 0.2) is 4.67 Å². The normalized spacial score (nSPS) is 10.8. The number of hydrogen-bond donors (Lipinski definition) is 1. The Balaban J connectivity index is 1.92. The van der Waals surface area contributed by atoms with E-state index in [-0.39, 0.29) is 5.75 Å². The molecule has 0 spiro atoms. The van der Waals surface area contributed by atoms with Gasteiger partial charge in [0.05, 0.1) is 11.0 Å². The average molecular weight is 397 g/mol. The quantitative estimate of drug-likeness (QED) is 0.770. The van der Waals surface area contributed by atoms with E-state index in [2.05, 4.69) is 41.9 Å². The zero-order valence-electron chi connectivity index (χ0n) is 9.50. The van der Waals surface area contributed by atoms with Crippen molar-refractivity contribution in [3.05, 3.63) is 45.2 Å². The fourth-order valence-corrected chi connectivity index (χ4v) is 2.08. The Kier molecular flexibility index (Phi) is 4.81. The monoisotopic (exact) mass is 395 g/mol. The van der Waals surface area contributed by atoms with Crippen LogP contribution in [0.25, 0.3) is 0 Å². The Morgan fingerprint density at radius 3 is 2.42 bits per heavy atom. The molecule has 0 amide bonds. The van der Waals surface area contributed by atoms with Crippen LogP contribution in [0.4, 0.5) is 14.5 Å². The predicted octanol–water partition coefficient (Wildman–Crippen LogP) is 5.02. The number of furan rings is 1. The van der Waals surface area contributed by atoms with Gasteiger partial charge in [-0.3, -0.25) is 0 Å². The summed E-state index contributed by atoms with van der Waals surface area (Å²) in [7, 11) is 0. The minimum Gasteiger partial charge on any atom is -0.451 e. The van der Waals surface area contributed by atoms with Crippen LogP contribution in [-0.4, -0.2) is 6.61 Å². The van der Waals surface area contributed by atoms with E-state index in [9.17, 15) is 8.78 Å². The molecule has 0 bridgehead atoms. The van der Waals surface area contributed by atoms with Gasteiger partial charge < -0.3 is 14.5 Å². The third-order valence-corrected chi connectivity index (χ3v) is 3.95. The van der Waals surface area contributed by atoms with Gasteiger partial charge in [-0.25, -0.2) is 0 Å². The highest BCUT2D eigenvalue weighted by atomic mass is 79.9. The summed E-state index contributed by atoms with van der Waals surface area (Å²) < 4.78 is 35.1. The first-order chi connectivity index (χ1) is 9.04. The van der Waals surface area contributed by atoms with Crippen LogP contribution in [0.3, 0.4) is 0 Å². The molecule has 2 aromatic rings. The van der Waals surface area contributed by atoms with Crippen molar-refractivity contribution in [2.24, 2.45) is 0 Å². The molecule has 102 valence electrons. The number of ether oxygens (including phenoxy) is 1. The van der Waals surface area contributed by atoms with E-state index in [1.165, 1.54) is 12.1 Å². The second kappa shape index (κ2) is 6.38. The maximum Gasteiger partial charge on any atom is 0.387 e. The van der Waals surface area contributed by atoms with E-state index >= 15 is 0 Å². The van der Waals surface area contributed by atoms with Crippen molar-refractivity contribution in [2.75, 3.05) is 5.32 Å². The molecular weight excluding hydrogens is 388 g/mol. The Morgan fingerprint density at radius 1 is 1.21 bits per heavy atom. The van der Waals surface area contributed by atoms with Crippen LogP contribution < -0.4 is 10.1 Å². The number of benzene rings is 1. The van der Waals surface area contributed by atoms with Crippen molar-refractivity contribution in [1.29, 1.82) is 0 Å². The molecule has 0 aliphatic rings. The molecule has 7 heteroatoms. The SMILES string of the molecule is FC(F)Oc1ccc(NCc2cc(Br)c(Br)o2)cc1. The zero-order valence-corrected chi connectivity index (χ0v) is 12.7. The third kappa shape index (κ3) is 4.21. The molecular formula is C12H9Br2F2NO2. The molecule has 3 nitrogen and oxygen atoms in total. The maximum absolute atomic E-state index is 12.0. The van der Waals surface area contributed by atoms with E-state index in [1.54, 1.807) is 12.1 Å². The van der Waals surface area contributed by atoms with Crippen LogP contribution in [0.5, 0.6) is 5.75 Å². The van der Waals surface area contributed by atoms with Gasteiger partial charge in [0, 0.05) is 5.69 Å². The summed E-state index contributed by atoms with van der Waals surface area (Å²) in [5.41, 5.74) is 0.783. The van der Waals surface area contributed by atoms with E-state index in [1.807, 2.05) is 6.07 Å². The minimum absolute atomic E-state index is 0.129. The number of alkyl halides is 2.